The number of carbonyl (C=O) groups excluding carboxylic acids is 1. The van der Waals surface area contributed by atoms with Gasteiger partial charge in [-0.15, -0.1) is 0 Å². The molecule has 0 aliphatic rings. The van der Waals surface area contributed by atoms with Gasteiger partial charge in [0, 0.05) is 23.5 Å². The van der Waals surface area contributed by atoms with Gasteiger partial charge in [-0.1, -0.05) is 13.0 Å². The molecule has 2 aromatic rings. The Hall–Kier alpha value is -1.77. The fourth-order valence-electron chi connectivity index (χ4n) is 2.28. The summed E-state index contributed by atoms with van der Waals surface area (Å²) in [5, 5.41) is 1.09. The number of H-pyrrole nitrogens is 1. The van der Waals surface area contributed by atoms with Crippen LogP contribution in [0, 0.1) is 0 Å². The van der Waals surface area contributed by atoms with Crippen LogP contribution in [0.15, 0.2) is 24.4 Å². The highest BCUT2D eigenvalue weighted by Crippen LogP contribution is 2.34. The number of aromatic nitrogens is 1. The number of aromatic amines is 1. The number of fused-ring (bicyclic) bond motifs is 1. The highest BCUT2D eigenvalue weighted by molar-refractivity contribution is 5.90. The minimum atomic E-state index is 0.206. The summed E-state index contributed by atoms with van der Waals surface area (Å²) in [7, 11) is 1.67. The number of nitrogens with one attached hydrogen (secondary N) is 1. The fourth-order valence-corrected chi connectivity index (χ4v) is 2.28. The van der Waals surface area contributed by atoms with Crippen LogP contribution in [-0.4, -0.2) is 17.9 Å². The molecule has 3 nitrogen and oxygen atoms in total. The maximum absolute atomic E-state index is 11.2. The molecule has 0 aliphatic carbocycles. The number of carbonyl (C=O) groups is 1. The van der Waals surface area contributed by atoms with Crippen molar-refractivity contribution in [3.63, 3.8) is 0 Å². The fraction of sp³-hybridized carbons (Fsp3) is 0.357. The van der Waals surface area contributed by atoms with E-state index >= 15 is 0 Å². The van der Waals surface area contributed by atoms with Crippen molar-refractivity contribution >= 4 is 16.7 Å². The molecule has 1 heterocycles. The number of methoxy groups -OCH3 is 1. The SMILES string of the molecule is COc1cccc2[nH]cc(C(C)CC(C)=O)c12. The van der Waals surface area contributed by atoms with Gasteiger partial charge < -0.3 is 14.5 Å². The lowest BCUT2D eigenvalue weighted by atomic mass is 9.95. The molecule has 0 saturated heterocycles. The summed E-state index contributed by atoms with van der Waals surface area (Å²) in [6, 6.07) is 5.92. The van der Waals surface area contributed by atoms with Crippen molar-refractivity contribution in [1.29, 1.82) is 0 Å². The van der Waals surface area contributed by atoms with E-state index in [1.807, 2.05) is 24.4 Å². The number of hydrogen-bond acceptors (Lipinski definition) is 2. The lowest BCUT2D eigenvalue weighted by Gasteiger charge is -2.10. The largest absolute Gasteiger partial charge is 0.496 e. The van der Waals surface area contributed by atoms with Gasteiger partial charge in [0.15, 0.2) is 0 Å². The molecule has 1 unspecified atom stereocenters. The topological polar surface area (TPSA) is 42.1 Å². The molecule has 1 aromatic carbocycles. The normalized spacial score (nSPS) is 12.6. The number of hydrogen-bond donors (Lipinski definition) is 1. The summed E-state index contributed by atoms with van der Waals surface area (Å²) in [4.78, 5) is 14.4. The third-order valence-corrected chi connectivity index (χ3v) is 3.04. The smallest absolute Gasteiger partial charge is 0.130 e. The lowest BCUT2D eigenvalue weighted by molar-refractivity contribution is -0.117. The van der Waals surface area contributed by atoms with Crippen molar-refractivity contribution < 1.29 is 9.53 Å². The van der Waals surface area contributed by atoms with Crippen LogP contribution >= 0.6 is 0 Å². The van der Waals surface area contributed by atoms with Crippen LogP contribution in [0.5, 0.6) is 5.75 Å². The molecular formula is C14H17NO2. The van der Waals surface area contributed by atoms with Crippen LogP contribution in [0.1, 0.15) is 31.7 Å². The van der Waals surface area contributed by atoms with E-state index in [1.165, 1.54) is 0 Å². The molecule has 0 aliphatic heterocycles. The van der Waals surface area contributed by atoms with Crippen LogP contribution in [0.25, 0.3) is 10.9 Å². The minimum absolute atomic E-state index is 0.206. The van der Waals surface area contributed by atoms with Crippen LogP contribution in [0.4, 0.5) is 0 Å². The number of ketones is 1. The summed E-state index contributed by atoms with van der Waals surface area (Å²) in [5.74, 6) is 1.27. The molecule has 0 amide bonds. The monoisotopic (exact) mass is 231 g/mol. The average Bonchev–Trinajstić information content (AvgIpc) is 2.71. The molecule has 1 aromatic heterocycles. The summed E-state index contributed by atoms with van der Waals surface area (Å²) in [5.41, 5.74) is 2.20. The van der Waals surface area contributed by atoms with Gasteiger partial charge in [-0.2, -0.15) is 0 Å². The van der Waals surface area contributed by atoms with E-state index in [9.17, 15) is 4.79 Å². The summed E-state index contributed by atoms with van der Waals surface area (Å²) >= 11 is 0. The molecule has 0 spiro atoms. The van der Waals surface area contributed by atoms with Crippen LogP contribution in [0.3, 0.4) is 0 Å². The molecule has 17 heavy (non-hydrogen) atoms. The first kappa shape index (κ1) is 11.7. The molecule has 0 saturated carbocycles. The van der Waals surface area contributed by atoms with E-state index in [-0.39, 0.29) is 11.7 Å². The maximum Gasteiger partial charge on any atom is 0.130 e. The van der Waals surface area contributed by atoms with Crippen molar-refractivity contribution in [2.45, 2.75) is 26.2 Å². The van der Waals surface area contributed by atoms with Crippen molar-refractivity contribution in [2.24, 2.45) is 0 Å². The van der Waals surface area contributed by atoms with Crippen molar-refractivity contribution in [3.05, 3.63) is 30.0 Å². The third kappa shape index (κ3) is 2.18. The Kier molecular flexibility index (Phi) is 3.18. The Morgan fingerprint density at radius 2 is 2.24 bits per heavy atom. The van der Waals surface area contributed by atoms with Crippen molar-refractivity contribution in [2.75, 3.05) is 7.11 Å². The van der Waals surface area contributed by atoms with Crippen LogP contribution < -0.4 is 4.74 Å². The number of rotatable bonds is 4. The first-order valence-electron chi connectivity index (χ1n) is 5.77. The predicted octanol–water partition coefficient (Wildman–Crippen LogP) is 3.26. The zero-order chi connectivity index (χ0) is 12.4. The van der Waals surface area contributed by atoms with Gasteiger partial charge in [0.25, 0.3) is 0 Å². The number of Topliss-reactive ketones (excluding diaryl/α,β-unsaturated/α-hetero) is 1. The quantitative estimate of drug-likeness (QED) is 0.877. The second-order valence-electron chi connectivity index (χ2n) is 4.43. The van der Waals surface area contributed by atoms with Gasteiger partial charge in [-0.3, -0.25) is 0 Å². The third-order valence-electron chi connectivity index (χ3n) is 3.04. The van der Waals surface area contributed by atoms with E-state index in [1.54, 1.807) is 14.0 Å². The van der Waals surface area contributed by atoms with E-state index < -0.39 is 0 Å². The van der Waals surface area contributed by atoms with E-state index in [0.29, 0.717) is 6.42 Å². The summed E-state index contributed by atoms with van der Waals surface area (Å²) in [6.07, 6.45) is 2.53. The second kappa shape index (κ2) is 4.62. The Bertz CT molecular complexity index is 542. The van der Waals surface area contributed by atoms with Gasteiger partial charge in [-0.25, -0.2) is 0 Å². The predicted molar refractivity (Wildman–Crippen MR) is 68.6 cm³/mol. The zero-order valence-electron chi connectivity index (χ0n) is 10.4. The molecule has 3 heteroatoms. The summed E-state index contributed by atoms with van der Waals surface area (Å²) in [6.45, 7) is 3.69. The molecule has 1 N–H and O–H groups in total. The molecular weight excluding hydrogens is 214 g/mol. The van der Waals surface area contributed by atoms with E-state index in [4.69, 9.17) is 4.74 Å². The molecule has 0 fully saturated rings. The van der Waals surface area contributed by atoms with E-state index in [0.717, 1.165) is 22.2 Å². The zero-order valence-corrected chi connectivity index (χ0v) is 10.4. The van der Waals surface area contributed by atoms with Crippen LogP contribution in [0.2, 0.25) is 0 Å². The molecule has 90 valence electrons. The van der Waals surface area contributed by atoms with Gasteiger partial charge in [0.05, 0.1) is 7.11 Å². The maximum atomic E-state index is 11.2. The highest BCUT2D eigenvalue weighted by atomic mass is 16.5. The standard InChI is InChI=1S/C14H17NO2/c1-9(7-10(2)16)11-8-15-12-5-4-6-13(17-3)14(11)12/h4-6,8-9,15H,7H2,1-3H3. The van der Waals surface area contributed by atoms with E-state index in [2.05, 4.69) is 11.9 Å². The Balaban J connectivity index is 2.50. The Morgan fingerprint density at radius 1 is 1.47 bits per heavy atom. The molecule has 0 radical (unpaired) electrons. The average molecular weight is 231 g/mol. The molecule has 2 rings (SSSR count). The first-order valence-corrected chi connectivity index (χ1v) is 5.77. The summed E-state index contributed by atoms with van der Waals surface area (Å²) < 4.78 is 5.38. The molecule has 1 atom stereocenters. The Labute approximate surface area is 101 Å². The van der Waals surface area contributed by atoms with Gasteiger partial charge in [-0.05, 0) is 30.5 Å². The number of benzene rings is 1. The minimum Gasteiger partial charge on any atom is -0.496 e. The van der Waals surface area contributed by atoms with Gasteiger partial charge in [0.1, 0.15) is 11.5 Å². The molecule has 0 bridgehead atoms. The number of ether oxygens (including phenoxy) is 1. The van der Waals surface area contributed by atoms with Crippen molar-refractivity contribution in [1.82, 2.24) is 4.98 Å². The highest BCUT2D eigenvalue weighted by Gasteiger charge is 2.15. The van der Waals surface area contributed by atoms with Gasteiger partial charge in [0.2, 0.25) is 0 Å². The van der Waals surface area contributed by atoms with Crippen LogP contribution in [-0.2, 0) is 4.79 Å². The first-order chi connectivity index (χ1) is 8.13. The lowest BCUT2D eigenvalue weighted by Crippen LogP contribution is -2.00. The Morgan fingerprint density at radius 3 is 2.88 bits per heavy atom. The van der Waals surface area contributed by atoms with Crippen molar-refractivity contribution in [3.8, 4) is 5.75 Å². The van der Waals surface area contributed by atoms with Gasteiger partial charge >= 0.3 is 0 Å². The second-order valence-corrected chi connectivity index (χ2v) is 4.43.